The largest absolute Gasteiger partial charge is 0.461 e. The Kier molecular flexibility index (Phi) is 4.18. The van der Waals surface area contributed by atoms with Gasteiger partial charge in [0.15, 0.2) is 5.69 Å². The first-order valence-electron chi connectivity index (χ1n) is 4.59. The molecule has 88 valence electrons. The van der Waals surface area contributed by atoms with Gasteiger partial charge in [-0.05, 0) is 19.9 Å². The van der Waals surface area contributed by atoms with Crippen molar-refractivity contribution >= 4 is 17.6 Å². The van der Waals surface area contributed by atoms with Crippen LogP contribution in [0.5, 0.6) is 0 Å². The zero-order valence-corrected chi connectivity index (χ0v) is 9.52. The average Bonchev–Trinajstić information content (AvgIpc) is 2.21. The molecule has 0 aliphatic rings. The van der Waals surface area contributed by atoms with Crippen LogP contribution in [0.4, 0.5) is 8.78 Å². The molecule has 3 nitrogen and oxygen atoms in total. The molecule has 0 spiro atoms. The molecule has 1 heterocycles. The third-order valence-corrected chi connectivity index (χ3v) is 2.27. The van der Waals surface area contributed by atoms with E-state index in [1.807, 2.05) is 0 Å². The van der Waals surface area contributed by atoms with E-state index in [2.05, 4.69) is 9.72 Å². The molecule has 0 N–H and O–H groups in total. The molecule has 0 radical (unpaired) electrons. The topological polar surface area (TPSA) is 39.2 Å². The first kappa shape index (κ1) is 12.8. The molecule has 0 aliphatic carbocycles. The van der Waals surface area contributed by atoms with Gasteiger partial charge < -0.3 is 4.74 Å². The van der Waals surface area contributed by atoms with E-state index in [4.69, 9.17) is 11.6 Å². The van der Waals surface area contributed by atoms with Gasteiger partial charge in [0.25, 0.3) is 6.43 Å². The third-order valence-electron chi connectivity index (χ3n) is 1.88. The highest BCUT2D eigenvalue weighted by Crippen LogP contribution is 2.26. The van der Waals surface area contributed by atoms with E-state index in [9.17, 15) is 13.6 Å². The maximum atomic E-state index is 12.6. The zero-order chi connectivity index (χ0) is 12.3. The van der Waals surface area contributed by atoms with Crippen molar-refractivity contribution < 1.29 is 18.3 Å². The Morgan fingerprint density at radius 2 is 2.25 bits per heavy atom. The third kappa shape index (κ3) is 2.66. The van der Waals surface area contributed by atoms with Gasteiger partial charge in [0.1, 0.15) is 0 Å². The van der Waals surface area contributed by atoms with Crippen molar-refractivity contribution in [3.05, 3.63) is 28.0 Å². The molecule has 1 rings (SSSR count). The van der Waals surface area contributed by atoms with Crippen LogP contribution in [0.1, 0.15) is 35.1 Å². The van der Waals surface area contributed by atoms with Crippen molar-refractivity contribution in [1.82, 2.24) is 4.98 Å². The quantitative estimate of drug-likeness (QED) is 0.773. The van der Waals surface area contributed by atoms with Crippen LogP contribution in [0.15, 0.2) is 6.07 Å². The SMILES string of the molecule is CCOC(=O)c1nc(C)c(Cl)cc1C(F)F. The summed E-state index contributed by atoms with van der Waals surface area (Å²) < 4.78 is 29.9. The fourth-order valence-electron chi connectivity index (χ4n) is 1.12. The number of hydrogen-bond donors (Lipinski definition) is 0. The summed E-state index contributed by atoms with van der Waals surface area (Å²) in [5.74, 6) is -0.863. The van der Waals surface area contributed by atoms with Crippen molar-refractivity contribution in [2.75, 3.05) is 6.61 Å². The lowest BCUT2D eigenvalue weighted by Crippen LogP contribution is -2.12. The summed E-state index contributed by atoms with van der Waals surface area (Å²) in [6.07, 6.45) is -2.81. The first-order chi connectivity index (χ1) is 7.47. The second-order valence-corrected chi connectivity index (χ2v) is 3.42. The standard InChI is InChI=1S/C10H10ClF2NO2/c1-3-16-10(15)8-6(9(12)13)4-7(11)5(2)14-8/h4,9H,3H2,1-2H3. The van der Waals surface area contributed by atoms with Crippen molar-refractivity contribution in [3.63, 3.8) is 0 Å². The maximum Gasteiger partial charge on any atom is 0.357 e. The number of halogens is 3. The summed E-state index contributed by atoms with van der Waals surface area (Å²) in [4.78, 5) is 15.1. The van der Waals surface area contributed by atoms with Crippen LogP contribution in [-0.4, -0.2) is 17.6 Å². The number of carbonyl (C=O) groups is 1. The number of alkyl halides is 2. The number of pyridine rings is 1. The van der Waals surface area contributed by atoms with Gasteiger partial charge in [0.2, 0.25) is 0 Å². The molecule has 0 unspecified atom stereocenters. The smallest absolute Gasteiger partial charge is 0.357 e. The van der Waals surface area contributed by atoms with Crippen LogP contribution >= 0.6 is 11.6 Å². The average molecular weight is 250 g/mol. The van der Waals surface area contributed by atoms with Gasteiger partial charge in [-0.3, -0.25) is 0 Å². The number of nitrogens with zero attached hydrogens (tertiary/aromatic N) is 1. The van der Waals surface area contributed by atoms with E-state index in [0.29, 0.717) is 5.69 Å². The van der Waals surface area contributed by atoms with Gasteiger partial charge in [-0.2, -0.15) is 0 Å². The molecule has 0 fully saturated rings. The lowest BCUT2D eigenvalue weighted by Gasteiger charge is -2.09. The molecule has 6 heteroatoms. The van der Waals surface area contributed by atoms with E-state index in [0.717, 1.165) is 6.07 Å². The molecular weight excluding hydrogens is 240 g/mol. The first-order valence-corrected chi connectivity index (χ1v) is 4.97. The summed E-state index contributed by atoms with van der Waals surface area (Å²) in [6.45, 7) is 3.22. The molecule has 0 saturated heterocycles. The Labute approximate surface area is 96.4 Å². The van der Waals surface area contributed by atoms with Gasteiger partial charge >= 0.3 is 5.97 Å². The molecule has 0 saturated carbocycles. The van der Waals surface area contributed by atoms with Crippen LogP contribution in [0.2, 0.25) is 5.02 Å². The van der Waals surface area contributed by atoms with E-state index >= 15 is 0 Å². The summed E-state index contributed by atoms with van der Waals surface area (Å²) in [5, 5.41) is 0.100. The lowest BCUT2D eigenvalue weighted by atomic mass is 10.2. The molecule has 0 bridgehead atoms. The van der Waals surface area contributed by atoms with Gasteiger partial charge in [-0.1, -0.05) is 11.6 Å². The molecule has 0 aromatic carbocycles. The molecule has 16 heavy (non-hydrogen) atoms. The number of esters is 1. The highest BCUT2D eigenvalue weighted by atomic mass is 35.5. The molecule has 1 aromatic rings. The fraction of sp³-hybridized carbons (Fsp3) is 0.400. The van der Waals surface area contributed by atoms with Crippen LogP contribution in [0.25, 0.3) is 0 Å². The normalized spacial score (nSPS) is 10.6. The number of rotatable bonds is 3. The highest BCUT2D eigenvalue weighted by Gasteiger charge is 2.22. The Morgan fingerprint density at radius 1 is 1.62 bits per heavy atom. The number of aromatic nitrogens is 1. The van der Waals surface area contributed by atoms with Gasteiger partial charge in [0.05, 0.1) is 22.9 Å². The fourth-order valence-corrected chi connectivity index (χ4v) is 1.28. The second kappa shape index (κ2) is 5.21. The second-order valence-electron chi connectivity index (χ2n) is 3.01. The molecule has 1 aromatic heterocycles. The summed E-state index contributed by atoms with van der Waals surface area (Å²) in [7, 11) is 0. The number of hydrogen-bond acceptors (Lipinski definition) is 3. The minimum Gasteiger partial charge on any atom is -0.461 e. The van der Waals surface area contributed by atoms with Crippen LogP contribution in [-0.2, 0) is 4.74 Å². The van der Waals surface area contributed by atoms with Gasteiger partial charge in [-0.15, -0.1) is 0 Å². The van der Waals surface area contributed by atoms with Crippen molar-refractivity contribution in [1.29, 1.82) is 0 Å². The van der Waals surface area contributed by atoms with E-state index in [1.165, 1.54) is 6.92 Å². The molecule has 0 atom stereocenters. The Balaban J connectivity index is 3.24. The van der Waals surface area contributed by atoms with Crippen molar-refractivity contribution in [2.45, 2.75) is 20.3 Å². The minimum atomic E-state index is -2.81. The van der Waals surface area contributed by atoms with Gasteiger partial charge in [0, 0.05) is 0 Å². The van der Waals surface area contributed by atoms with Crippen molar-refractivity contribution in [3.8, 4) is 0 Å². The predicted octanol–water partition coefficient (Wildman–Crippen LogP) is 3.16. The maximum absolute atomic E-state index is 12.6. The van der Waals surface area contributed by atoms with Crippen molar-refractivity contribution in [2.24, 2.45) is 0 Å². The monoisotopic (exact) mass is 249 g/mol. The summed E-state index contributed by atoms with van der Waals surface area (Å²) in [6, 6.07) is 1.04. The highest BCUT2D eigenvalue weighted by molar-refractivity contribution is 6.31. The number of carbonyl (C=O) groups excluding carboxylic acids is 1. The van der Waals surface area contributed by atoms with Crippen LogP contribution < -0.4 is 0 Å². The molecule has 0 aliphatic heterocycles. The summed E-state index contributed by atoms with van der Waals surface area (Å²) >= 11 is 5.66. The Bertz CT molecular complexity index is 410. The molecular formula is C10H10ClF2NO2. The lowest BCUT2D eigenvalue weighted by molar-refractivity contribution is 0.0507. The van der Waals surface area contributed by atoms with Crippen LogP contribution in [0.3, 0.4) is 0 Å². The Hall–Kier alpha value is -1.23. The predicted molar refractivity (Wildman–Crippen MR) is 54.9 cm³/mol. The Morgan fingerprint density at radius 3 is 2.75 bits per heavy atom. The zero-order valence-electron chi connectivity index (χ0n) is 8.76. The number of ether oxygens (including phenoxy) is 1. The van der Waals surface area contributed by atoms with E-state index in [1.54, 1.807) is 6.92 Å². The number of aryl methyl sites for hydroxylation is 1. The minimum absolute atomic E-state index is 0.100. The summed E-state index contributed by atoms with van der Waals surface area (Å²) in [5.41, 5.74) is -0.568. The molecule has 0 amide bonds. The van der Waals surface area contributed by atoms with Crippen LogP contribution in [0, 0.1) is 6.92 Å². The van der Waals surface area contributed by atoms with E-state index in [-0.39, 0.29) is 17.3 Å². The van der Waals surface area contributed by atoms with Gasteiger partial charge in [-0.25, -0.2) is 18.6 Å². The van der Waals surface area contributed by atoms with E-state index < -0.39 is 18.0 Å².